The number of ether oxygens (including phenoxy) is 1. The van der Waals surface area contributed by atoms with Crippen LogP contribution in [0, 0.1) is 13.8 Å². The molecule has 0 spiro atoms. The minimum Gasteiger partial charge on any atom is -0.465 e. The summed E-state index contributed by atoms with van der Waals surface area (Å²) in [5.74, 6) is 0.371. The van der Waals surface area contributed by atoms with E-state index in [0.717, 1.165) is 5.56 Å². The van der Waals surface area contributed by atoms with E-state index in [0.29, 0.717) is 12.2 Å². The predicted molar refractivity (Wildman–Crippen MR) is 88.9 cm³/mol. The summed E-state index contributed by atoms with van der Waals surface area (Å²) in [6.45, 7) is 5.05. The molecule has 1 atom stereocenters. The number of benzene rings is 1. The van der Waals surface area contributed by atoms with Gasteiger partial charge in [0.15, 0.2) is 11.2 Å². The zero-order chi connectivity index (χ0) is 18.1. The molecule has 0 radical (unpaired) electrons. The van der Waals surface area contributed by atoms with Crippen molar-refractivity contribution in [3.05, 3.63) is 34.6 Å². The number of aliphatic hydroxyl groups excluding tert-OH is 1. The van der Waals surface area contributed by atoms with Gasteiger partial charge in [-0.3, -0.25) is 4.68 Å². The van der Waals surface area contributed by atoms with Crippen LogP contribution in [0.3, 0.4) is 0 Å². The lowest BCUT2D eigenvalue weighted by molar-refractivity contribution is -0.0192. The smallest absolute Gasteiger partial charge is 0.344 e. The summed E-state index contributed by atoms with van der Waals surface area (Å²) in [6.07, 6.45) is -0.585. The van der Waals surface area contributed by atoms with E-state index < -0.39 is 16.4 Å². The maximum Gasteiger partial charge on any atom is 0.344 e. The topological polar surface area (TPSA) is 90.7 Å². The Balaban J connectivity index is 2.36. The van der Waals surface area contributed by atoms with Crippen LogP contribution in [-0.2, 0) is 17.2 Å². The van der Waals surface area contributed by atoms with E-state index in [1.807, 2.05) is 0 Å². The molecule has 1 aromatic heterocycles. The predicted octanol–water partition coefficient (Wildman–Crippen LogP) is 2.57. The number of hydrogen-bond acceptors (Lipinski definition) is 6. The van der Waals surface area contributed by atoms with E-state index in [9.17, 15) is 13.5 Å². The van der Waals surface area contributed by atoms with Crippen LogP contribution in [0.5, 0.6) is 11.5 Å². The largest absolute Gasteiger partial charge is 0.465 e. The van der Waals surface area contributed by atoms with Gasteiger partial charge in [0.25, 0.3) is 0 Å². The van der Waals surface area contributed by atoms with Gasteiger partial charge in [0.05, 0.1) is 5.69 Å². The lowest BCUT2D eigenvalue weighted by Gasteiger charge is -2.14. The van der Waals surface area contributed by atoms with Crippen LogP contribution in [0.2, 0.25) is 5.15 Å². The standard InChI is InChI=1S/C15H19ClN2O5S/c1-5-13(19)22-11-6-9(2)7-12(8-11)23-24(20,21)14-10(3)17-18(4)15(14)16/h6-8,13,19H,5H2,1-4H3. The number of halogens is 1. The maximum absolute atomic E-state index is 12.5. The average molecular weight is 375 g/mol. The summed E-state index contributed by atoms with van der Waals surface area (Å²) in [5.41, 5.74) is 0.961. The molecule has 0 saturated carbocycles. The molecule has 0 amide bonds. The molecule has 9 heteroatoms. The highest BCUT2D eigenvalue weighted by Gasteiger charge is 2.27. The normalized spacial score (nSPS) is 12.9. The Morgan fingerprint density at radius 2 is 1.92 bits per heavy atom. The van der Waals surface area contributed by atoms with E-state index in [4.69, 9.17) is 20.5 Å². The zero-order valence-corrected chi connectivity index (χ0v) is 15.3. The van der Waals surface area contributed by atoms with Crippen LogP contribution in [0.15, 0.2) is 23.1 Å². The molecule has 0 saturated heterocycles. The van der Waals surface area contributed by atoms with Crippen molar-refractivity contribution in [3.8, 4) is 11.5 Å². The van der Waals surface area contributed by atoms with Gasteiger partial charge in [-0.15, -0.1) is 0 Å². The number of nitrogens with zero attached hydrogens (tertiary/aromatic N) is 2. The number of aryl methyl sites for hydroxylation is 3. The minimum atomic E-state index is -4.15. The summed E-state index contributed by atoms with van der Waals surface area (Å²) >= 11 is 6.00. The number of hydrogen-bond donors (Lipinski definition) is 1. The lowest BCUT2D eigenvalue weighted by Crippen LogP contribution is -2.14. The van der Waals surface area contributed by atoms with Gasteiger partial charge >= 0.3 is 10.1 Å². The van der Waals surface area contributed by atoms with Crippen LogP contribution >= 0.6 is 11.6 Å². The maximum atomic E-state index is 12.5. The summed E-state index contributed by atoms with van der Waals surface area (Å²) < 4.78 is 36.7. The first kappa shape index (κ1) is 18.6. The molecule has 1 unspecified atom stereocenters. The van der Waals surface area contributed by atoms with E-state index in [1.165, 1.54) is 17.7 Å². The Morgan fingerprint density at radius 3 is 2.46 bits per heavy atom. The molecular weight excluding hydrogens is 356 g/mol. The van der Waals surface area contributed by atoms with E-state index in [1.54, 1.807) is 33.0 Å². The van der Waals surface area contributed by atoms with E-state index >= 15 is 0 Å². The van der Waals surface area contributed by atoms with Crippen molar-refractivity contribution in [3.63, 3.8) is 0 Å². The van der Waals surface area contributed by atoms with Gasteiger partial charge in [0.2, 0.25) is 0 Å². The Hall–Kier alpha value is -1.77. The van der Waals surface area contributed by atoms with Gasteiger partial charge < -0.3 is 14.0 Å². The minimum absolute atomic E-state index is 0.0296. The SMILES string of the molecule is CCC(O)Oc1cc(C)cc(OS(=O)(=O)c2c(C)nn(C)c2Cl)c1. The molecule has 2 rings (SSSR count). The first-order valence-electron chi connectivity index (χ1n) is 7.24. The summed E-state index contributed by atoms with van der Waals surface area (Å²) in [4.78, 5) is -0.177. The highest BCUT2D eigenvalue weighted by atomic mass is 35.5. The molecule has 0 aliphatic carbocycles. The Bertz CT molecular complexity index is 848. The fourth-order valence-corrected chi connectivity index (χ4v) is 3.77. The Labute approximate surface area is 145 Å². The number of aromatic nitrogens is 2. The molecule has 24 heavy (non-hydrogen) atoms. The number of rotatable bonds is 6. The molecule has 132 valence electrons. The van der Waals surface area contributed by atoms with Crippen LogP contribution < -0.4 is 8.92 Å². The van der Waals surface area contributed by atoms with Gasteiger partial charge in [-0.1, -0.05) is 18.5 Å². The molecule has 2 aromatic rings. The van der Waals surface area contributed by atoms with Gasteiger partial charge in [-0.05, 0) is 31.5 Å². The van der Waals surface area contributed by atoms with Gasteiger partial charge in [-0.2, -0.15) is 13.5 Å². The van der Waals surface area contributed by atoms with Gasteiger partial charge in [-0.25, -0.2) is 0 Å². The van der Waals surface area contributed by atoms with Crippen molar-refractivity contribution in [2.45, 2.75) is 38.4 Å². The average Bonchev–Trinajstić information content (AvgIpc) is 2.71. The fraction of sp³-hybridized carbons (Fsp3) is 0.400. The van der Waals surface area contributed by atoms with Crippen molar-refractivity contribution < 1.29 is 22.4 Å². The quantitative estimate of drug-likeness (QED) is 0.617. The third-order valence-corrected chi connectivity index (χ3v) is 5.15. The fourth-order valence-electron chi connectivity index (χ4n) is 2.13. The Kier molecular flexibility index (Phi) is 5.42. The Morgan fingerprint density at radius 1 is 1.29 bits per heavy atom. The molecule has 1 heterocycles. The monoisotopic (exact) mass is 374 g/mol. The van der Waals surface area contributed by atoms with Crippen LogP contribution in [-0.4, -0.2) is 29.6 Å². The lowest BCUT2D eigenvalue weighted by atomic mass is 10.2. The molecule has 7 nitrogen and oxygen atoms in total. The van der Waals surface area contributed by atoms with Crippen LogP contribution in [0.4, 0.5) is 0 Å². The van der Waals surface area contributed by atoms with Gasteiger partial charge in [0, 0.05) is 19.5 Å². The van der Waals surface area contributed by atoms with Crippen molar-refractivity contribution in [2.75, 3.05) is 0 Å². The molecule has 1 aromatic carbocycles. The third kappa shape index (κ3) is 4.00. The third-order valence-electron chi connectivity index (χ3n) is 3.20. The first-order valence-corrected chi connectivity index (χ1v) is 9.02. The first-order chi connectivity index (χ1) is 11.1. The second kappa shape index (κ2) is 7.00. The van der Waals surface area contributed by atoms with Crippen LogP contribution in [0.1, 0.15) is 24.6 Å². The van der Waals surface area contributed by atoms with E-state index in [2.05, 4.69) is 5.10 Å². The highest BCUT2D eigenvalue weighted by molar-refractivity contribution is 7.87. The van der Waals surface area contributed by atoms with Crippen molar-refractivity contribution in [1.82, 2.24) is 9.78 Å². The molecule has 1 N–H and O–H groups in total. The summed E-state index contributed by atoms with van der Waals surface area (Å²) in [5, 5.41) is 13.5. The van der Waals surface area contributed by atoms with Gasteiger partial charge in [0.1, 0.15) is 16.7 Å². The van der Waals surface area contributed by atoms with Crippen molar-refractivity contribution in [2.24, 2.45) is 7.05 Å². The second-order valence-corrected chi connectivity index (χ2v) is 7.17. The van der Waals surface area contributed by atoms with Crippen molar-refractivity contribution in [1.29, 1.82) is 0 Å². The zero-order valence-electron chi connectivity index (χ0n) is 13.8. The summed E-state index contributed by atoms with van der Waals surface area (Å²) in [7, 11) is -2.61. The highest BCUT2D eigenvalue weighted by Crippen LogP contribution is 2.30. The number of aliphatic hydroxyl groups is 1. The van der Waals surface area contributed by atoms with Crippen LogP contribution in [0.25, 0.3) is 0 Å². The van der Waals surface area contributed by atoms with E-state index in [-0.39, 0.29) is 21.5 Å². The molecule has 0 aliphatic rings. The molecular formula is C15H19ClN2O5S. The molecule has 0 fully saturated rings. The second-order valence-electron chi connectivity index (χ2n) is 5.33. The summed E-state index contributed by atoms with van der Waals surface area (Å²) in [6, 6.07) is 4.60. The molecule has 0 bridgehead atoms. The molecule has 0 aliphatic heterocycles. The van der Waals surface area contributed by atoms with Crippen molar-refractivity contribution >= 4 is 21.7 Å².